The third-order valence-electron chi connectivity index (χ3n) is 6.15. The summed E-state index contributed by atoms with van der Waals surface area (Å²) >= 11 is 1.68. The number of hydrogen-bond acceptors (Lipinski definition) is 5. The van der Waals surface area contributed by atoms with Crippen molar-refractivity contribution in [3.05, 3.63) is 52.3 Å². The van der Waals surface area contributed by atoms with E-state index >= 15 is 0 Å². The maximum absolute atomic E-state index is 13.3. The predicted octanol–water partition coefficient (Wildman–Crippen LogP) is 4.02. The first-order chi connectivity index (χ1) is 13.3. The number of piperidine rings is 1. The van der Waals surface area contributed by atoms with E-state index in [2.05, 4.69) is 32.2 Å². The van der Waals surface area contributed by atoms with E-state index in [1.165, 1.54) is 5.56 Å². The monoisotopic (exact) mass is 417 g/mol. The maximum Gasteiger partial charge on any atom is 0.229 e. The Morgan fingerprint density at radius 2 is 2.11 bits per heavy atom. The van der Waals surface area contributed by atoms with Gasteiger partial charge in [-0.1, -0.05) is 17.3 Å². The molecule has 0 radical (unpaired) electrons. The second-order valence-corrected chi connectivity index (χ2v) is 8.57. The van der Waals surface area contributed by atoms with Crippen LogP contribution in [0, 0.1) is 5.41 Å². The Morgan fingerprint density at radius 1 is 1.29 bits per heavy atom. The summed E-state index contributed by atoms with van der Waals surface area (Å²) in [7, 11) is 0. The third-order valence-corrected chi connectivity index (χ3v) is 6.88. The van der Waals surface area contributed by atoms with Crippen molar-refractivity contribution in [2.75, 3.05) is 13.1 Å². The Bertz CT molecular complexity index is 950. The number of para-hydroxylation sites is 1. The van der Waals surface area contributed by atoms with Gasteiger partial charge in [0, 0.05) is 18.0 Å². The lowest BCUT2D eigenvalue weighted by Crippen LogP contribution is -2.39. The summed E-state index contributed by atoms with van der Waals surface area (Å²) in [5, 5.41) is 12.8. The van der Waals surface area contributed by atoms with E-state index in [4.69, 9.17) is 4.52 Å². The molecule has 5 nitrogen and oxygen atoms in total. The molecule has 2 fully saturated rings. The van der Waals surface area contributed by atoms with Gasteiger partial charge in [0.2, 0.25) is 5.91 Å². The van der Waals surface area contributed by atoms with Gasteiger partial charge in [-0.3, -0.25) is 4.79 Å². The van der Waals surface area contributed by atoms with Crippen LogP contribution < -0.4 is 5.32 Å². The molecule has 1 amide bonds. The number of hydrogen-bond donors (Lipinski definition) is 1. The number of benzene rings is 1. The van der Waals surface area contributed by atoms with Crippen LogP contribution in [0.5, 0.6) is 0 Å². The van der Waals surface area contributed by atoms with Gasteiger partial charge >= 0.3 is 0 Å². The Morgan fingerprint density at radius 3 is 2.89 bits per heavy atom. The van der Waals surface area contributed by atoms with Gasteiger partial charge in [0.05, 0.1) is 6.42 Å². The molecule has 1 unspecified atom stereocenters. The van der Waals surface area contributed by atoms with Crippen LogP contribution in [0.2, 0.25) is 0 Å². The van der Waals surface area contributed by atoms with E-state index in [0.29, 0.717) is 24.4 Å². The summed E-state index contributed by atoms with van der Waals surface area (Å²) in [6.45, 7) is 2.81. The molecule has 1 N–H and O–H groups in total. The highest BCUT2D eigenvalue weighted by molar-refractivity contribution is 7.07. The Hall–Kier alpha value is -1.89. The fraction of sp³-hybridized carbons (Fsp3) is 0.429. The largest absolute Gasteiger partial charge is 0.356 e. The van der Waals surface area contributed by atoms with Gasteiger partial charge in [-0.15, -0.1) is 12.4 Å². The third kappa shape index (κ3) is 3.56. The normalized spacial score (nSPS) is 20.1. The van der Waals surface area contributed by atoms with Gasteiger partial charge in [-0.2, -0.15) is 11.3 Å². The summed E-state index contributed by atoms with van der Waals surface area (Å²) in [6.07, 6.45) is 3.76. The lowest BCUT2D eigenvalue weighted by atomic mass is 9.93. The summed E-state index contributed by atoms with van der Waals surface area (Å²) in [4.78, 5) is 15.4. The van der Waals surface area contributed by atoms with Crippen molar-refractivity contribution in [2.45, 2.75) is 38.3 Å². The van der Waals surface area contributed by atoms with Gasteiger partial charge in [-0.05, 0) is 72.3 Å². The summed E-state index contributed by atoms with van der Waals surface area (Å²) < 4.78 is 5.39. The number of halogens is 1. The minimum atomic E-state index is 0. The van der Waals surface area contributed by atoms with Crippen molar-refractivity contribution < 1.29 is 9.32 Å². The summed E-state index contributed by atoms with van der Waals surface area (Å²) in [6, 6.07) is 10.2. The van der Waals surface area contributed by atoms with E-state index < -0.39 is 0 Å². The Kier molecular flexibility index (Phi) is 5.45. The number of carbonyl (C=O) groups is 1. The fourth-order valence-electron chi connectivity index (χ4n) is 4.49. The van der Waals surface area contributed by atoms with Crippen LogP contribution in [0.25, 0.3) is 11.0 Å². The zero-order chi connectivity index (χ0) is 18.3. The molecule has 1 saturated carbocycles. The van der Waals surface area contributed by atoms with Crippen LogP contribution >= 0.6 is 23.7 Å². The van der Waals surface area contributed by atoms with Crippen molar-refractivity contribution in [3.63, 3.8) is 0 Å². The molecular formula is C21H24ClN3O2S. The number of carbonyl (C=O) groups excluding carboxylic acids is 1. The quantitative estimate of drug-likeness (QED) is 0.681. The number of thiophene rings is 1. The van der Waals surface area contributed by atoms with Gasteiger partial charge in [0.15, 0.2) is 5.58 Å². The molecule has 3 heterocycles. The molecule has 148 valence electrons. The zero-order valence-electron chi connectivity index (χ0n) is 15.6. The van der Waals surface area contributed by atoms with Crippen LogP contribution in [0.4, 0.5) is 0 Å². The molecule has 5 rings (SSSR count). The maximum atomic E-state index is 13.3. The first kappa shape index (κ1) is 19.4. The van der Waals surface area contributed by atoms with E-state index in [0.717, 1.165) is 49.0 Å². The van der Waals surface area contributed by atoms with Gasteiger partial charge < -0.3 is 14.7 Å². The molecule has 1 aromatic carbocycles. The second kappa shape index (κ2) is 7.85. The van der Waals surface area contributed by atoms with Crippen molar-refractivity contribution in [2.24, 2.45) is 5.41 Å². The van der Waals surface area contributed by atoms with Crippen molar-refractivity contribution in [1.29, 1.82) is 0 Å². The second-order valence-electron chi connectivity index (χ2n) is 7.79. The summed E-state index contributed by atoms with van der Waals surface area (Å²) in [5.41, 5.74) is 3.02. The molecule has 2 aliphatic rings. The number of amides is 1. The fourth-order valence-corrected chi connectivity index (χ4v) is 5.15. The van der Waals surface area contributed by atoms with Crippen LogP contribution in [-0.2, 0) is 17.8 Å². The van der Waals surface area contributed by atoms with Crippen LogP contribution in [0.15, 0.2) is 45.6 Å². The van der Waals surface area contributed by atoms with Crippen molar-refractivity contribution >= 4 is 40.6 Å². The number of fused-ring (bicyclic) bond motifs is 1. The van der Waals surface area contributed by atoms with Crippen molar-refractivity contribution in [3.8, 4) is 0 Å². The number of nitrogens with zero attached hydrogens (tertiary/aromatic N) is 2. The van der Waals surface area contributed by atoms with Crippen LogP contribution in [-0.4, -0.2) is 35.1 Å². The highest BCUT2D eigenvalue weighted by Gasteiger charge is 2.57. The molecule has 1 aliphatic heterocycles. The molecule has 1 saturated heterocycles. The molecule has 1 aliphatic carbocycles. The molecule has 7 heteroatoms. The van der Waals surface area contributed by atoms with Gasteiger partial charge in [0.1, 0.15) is 5.69 Å². The topological polar surface area (TPSA) is 58.4 Å². The van der Waals surface area contributed by atoms with E-state index in [1.54, 1.807) is 11.3 Å². The molecule has 2 aromatic heterocycles. The Labute approximate surface area is 174 Å². The van der Waals surface area contributed by atoms with E-state index in [-0.39, 0.29) is 18.3 Å². The van der Waals surface area contributed by atoms with E-state index in [1.807, 2.05) is 24.3 Å². The molecule has 28 heavy (non-hydrogen) atoms. The zero-order valence-corrected chi connectivity index (χ0v) is 17.2. The Balaban J connectivity index is 0.00000192. The number of nitrogens with one attached hydrogen (secondary N) is 1. The lowest BCUT2D eigenvalue weighted by molar-refractivity contribution is -0.132. The average molecular weight is 418 g/mol. The van der Waals surface area contributed by atoms with Crippen molar-refractivity contribution in [1.82, 2.24) is 15.4 Å². The molecule has 3 aromatic rings. The molecule has 1 spiro atoms. The first-order valence-corrected chi connectivity index (χ1v) is 10.5. The van der Waals surface area contributed by atoms with Gasteiger partial charge in [-0.25, -0.2) is 0 Å². The van der Waals surface area contributed by atoms with Gasteiger partial charge in [0.25, 0.3) is 0 Å². The molecule has 1 atom stereocenters. The average Bonchev–Trinajstić information content (AvgIpc) is 3.07. The smallest absolute Gasteiger partial charge is 0.229 e. The molecule has 0 bridgehead atoms. The standard InChI is InChI=1S/C21H23N3O2S.ClH/c25-20(11-17-16-3-1-2-4-18(16)26-23-17)24(13-15-5-10-27-14-15)19-12-21(19)6-8-22-9-7-21;/h1-5,10,14,19,22H,6-9,11-13H2;1H. The molecular weight excluding hydrogens is 394 g/mol. The van der Waals surface area contributed by atoms with Crippen LogP contribution in [0.3, 0.4) is 0 Å². The minimum absolute atomic E-state index is 0. The highest BCUT2D eigenvalue weighted by Crippen LogP contribution is 2.56. The first-order valence-electron chi connectivity index (χ1n) is 9.60. The highest BCUT2D eigenvalue weighted by atomic mass is 35.5. The number of aromatic nitrogens is 1. The SMILES string of the molecule is Cl.O=C(Cc1noc2ccccc12)N(Cc1ccsc1)C1CC12CCNCC2. The summed E-state index contributed by atoms with van der Waals surface area (Å²) in [5.74, 6) is 0.153. The minimum Gasteiger partial charge on any atom is -0.356 e. The lowest BCUT2D eigenvalue weighted by Gasteiger charge is -2.29. The van der Waals surface area contributed by atoms with E-state index in [9.17, 15) is 4.79 Å². The number of rotatable bonds is 5. The predicted molar refractivity (Wildman–Crippen MR) is 113 cm³/mol. The van der Waals surface area contributed by atoms with Crippen LogP contribution in [0.1, 0.15) is 30.5 Å².